The highest BCUT2D eigenvalue weighted by Gasteiger charge is 2.32. The summed E-state index contributed by atoms with van der Waals surface area (Å²) in [6.45, 7) is 6.07. The van der Waals surface area contributed by atoms with Gasteiger partial charge in [-0.25, -0.2) is 0 Å². The van der Waals surface area contributed by atoms with Gasteiger partial charge in [-0.05, 0) is 53.0 Å². The van der Waals surface area contributed by atoms with Crippen LogP contribution in [0.5, 0.6) is 5.75 Å². The van der Waals surface area contributed by atoms with E-state index < -0.39 is 0 Å². The standard InChI is InChI=1S/C14H20Br2N2O/c1-14(8-17)3-4-18(9-14)7-10-5-11(15)6-12(16)13(10)19-2/h5-6H,3-4,7-9,17H2,1-2H3. The summed E-state index contributed by atoms with van der Waals surface area (Å²) < 4.78 is 7.55. The maximum absolute atomic E-state index is 5.86. The van der Waals surface area contributed by atoms with E-state index in [4.69, 9.17) is 10.5 Å². The molecule has 0 amide bonds. The number of halogens is 2. The van der Waals surface area contributed by atoms with E-state index >= 15 is 0 Å². The van der Waals surface area contributed by atoms with Gasteiger partial charge < -0.3 is 10.5 Å². The second-order valence-electron chi connectivity index (χ2n) is 5.56. The summed E-state index contributed by atoms with van der Waals surface area (Å²) >= 11 is 7.09. The van der Waals surface area contributed by atoms with Gasteiger partial charge in [0, 0.05) is 23.1 Å². The molecule has 1 saturated heterocycles. The molecule has 1 atom stereocenters. The lowest BCUT2D eigenvalue weighted by Gasteiger charge is -2.23. The van der Waals surface area contributed by atoms with Gasteiger partial charge in [0.1, 0.15) is 5.75 Å². The van der Waals surface area contributed by atoms with Crippen molar-refractivity contribution in [2.75, 3.05) is 26.7 Å². The number of ether oxygens (including phenoxy) is 1. The van der Waals surface area contributed by atoms with Gasteiger partial charge >= 0.3 is 0 Å². The summed E-state index contributed by atoms with van der Waals surface area (Å²) in [5.74, 6) is 0.921. The molecule has 2 rings (SSSR count). The molecule has 0 radical (unpaired) electrons. The molecule has 0 spiro atoms. The fraction of sp³-hybridized carbons (Fsp3) is 0.571. The minimum Gasteiger partial charge on any atom is -0.495 e. The summed E-state index contributed by atoms with van der Waals surface area (Å²) in [5.41, 5.74) is 7.32. The van der Waals surface area contributed by atoms with Crippen LogP contribution in [0.4, 0.5) is 0 Å². The van der Waals surface area contributed by atoms with Gasteiger partial charge in [0.2, 0.25) is 0 Å². The van der Waals surface area contributed by atoms with Crippen LogP contribution in [0.15, 0.2) is 21.1 Å². The van der Waals surface area contributed by atoms with Crippen LogP contribution in [0.1, 0.15) is 18.9 Å². The average molecular weight is 392 g/mol. The molecule has 0 saturated carbocycles. The first-order chi connectivity index (χ1) is 8.97. The van der Waals surface area contributed by atoms with Crippen molar-refractivity contribution in [1.82, 2.24) is 4.90 Å². The molecule has 5 heteroatoms. The topological polar surface area (TPSA) is 38.5 Å². The van der Waals surface area contributed by atoms with E-state index in [2.05, 4.69) is 49.7 Å². The van der Waals surface area contributed by atoms with E-state index in [0.29, 0.717) is 0 Å². The van der Waals surface area contributed by atoms with Crippen LogP contribution >= 0.6 is 31.9 Å². The predicted molar refractivity (Wildman–Crippen MR) is 85.4 cm³/mol. The number of rotatable bonds is 4. The second-order valence-corrected chi connectivity index (χ2v) is 7.33. The number of nitrogens with two attached hydrogens (primary N) is 1. The number of nitrogens with zero attached hydrogens (tertiary/aromatic N) is 1. The zero-order valence-corrected chi connectivity index (χ0v) is 14.6. The van der Waals surface area contributed by atoms with E-state index in [-0.39, 0.29) is 5.41 Å². The van der Waals surface area contributed by atoms with Gasteiger partial charge in [0.05, 0.1) is 11.6 Å². The fourth-order valence-electron chi connectivity index (χ4n) is 2.63. The van der Waals surface area contributed by atoms with Crippen LogP contribution in [0.2, 0.25) is 0 Å². The Balaban J connectivity index is 2.16. The molecule has 1 heterocycles. The van der Waals surface area contributed by atoms with E-state index in [1.807, 2.05) is 6.07 Å². The minimum absolute atomic E-state index is 0.260. The summed E-state index contributed by atoms with van der Waals surface area (Å²) in [7, 11) is 1.71. The Morgan fingerprint density at radius 2 is 2.16 bits per heavy atom. The zero-order chi connectivity index (χ0) is 14.0. The van der Waals surface area contributed by atoms with Crippen molar-refractivity contribution in [1.29, 1.82) is 0 Å². The predicted octanol–water partition coefficient (Wildman–Crippen LogP) is 3.39. The van der Waals surface area contributed by atoms with Crippen molar-refractivity contribution < 1.29 is 4.74 Å². The molecule has 0 bridgehead atoms. The van der Waals surface area contributed by atoms with E-state index in [1.54, 1.807) is 7.11 Å². The summed E-state index contributed by atoms with van der Waals surface area (Å²) in [4.78, 5) is 2.45. The third kappa shape index (κ3) is 3.51. The highest BCUT2D eigenvalue weighted by molar-refractivity contribution is 9.11. The molecule has 2 N–H and O–H groups in total. The first kappa shape index (κ1) is 15.3. The highest BCUT2D eigenvalue weighted by Crippen LogP contribution is 2.35. The number of hydrogen-bond donors (Lipinski definition) is 1. The Morgan fingerprint density at radius 3 is 2.74 bits per heavy atom. The molecule has 19 heavy (non-hydrogen) atoms. The van der Waals surface area contributed by atoms with Gasteiger partial charge in [-0.1, -0.05) is 22.9 Å². The lowest BCUT2D eigenvalue weighted by Crippen LogP contribution is -2.31. The van der Waals surface area contributed by atoms with Crippen LogP contribution in [0, 0.1) is 5.41 Å². The fourth-order valence-corrected chi connectivity index (χ4v) is 4.10. The van der Waals surface area contributed by atoms with Crippen LogP contribution in [0.3, 0.4) is 0 Å². The van der Waals surface area contributed by atoms with Crippen molar-refractivity contribution in [2.45, 2.75) is 19.9 Å². The van der Waals surface area contributed by atoms with E-state index in [1.165, 1.54) is 12.0 Å². The Morgan fingerprint density at radius 1 is 1.42 bits per heavy atom. The van der Waals surface area contributed by atoms with Gasteiger partial charge in [0.25, 0.3) is 0 Å². The smallest absolute Gasteiger partial charge is 0.137 e. The molecule has 1 aromatic rings. The van der Waals surface area contributed by atoms with Gasteiger partial charge in [-0.3, -0.25) is 4.90 Å². The molecular weight excluding hydrogens is 372 g/mol. The normalized spacial score (nSPS) is 23.8. The SMILES string of the molecule is COc1c(Br)cc(Br)cc1CN1CCC(C)(CN)C1. The van der Waals surface area contributed by atoms with Crippen LogP contribution in [-0.4, -0.2) is 31.6 Å². The number of methoxy groups -OCH3 is 1. The maximum atomic E-state index is 5.86. The molecule has 3 nitrogen and oxygen atoms in total. The monoisotopic (exact) mass is 390 g/mol. The van der Waals surface area contributed by atoms with Crippen molar-refractivity contribution in [2.24, 2.45) is 11.1 Å². The highest BCUT2D eigenvalue weighted by atomic mass is 79.9. The van der Waals surface area contributed by atoms with Crippen molar-refractivity contribution in [3.05, 3.63) is 26.6 Å². The van der Waals surface area contributed by atoms with E-state index in [9.17, 15) is 0 Å². The number of hydrogen-bond acceptors (Lipinski definition) is 3. The molecule has 1 aliphatic rings. The van der Waals surface area contributed by atoms with E-state index in [0.717, 1.165) is 40.9 Å². The molecule has 1 aliphatic heterocycles. The first-order valence-corrected chi connectivity index (χ1v) is 8.00. The van der Waals surface area contributed by atoms with Crippen molar-refractivity contribution in [3.8, 4) is 5.75 Å². The summed E-state index contributed by atoms with van der Waals surface area (Å²) in [5, 5.41) is 0. The lowest BCUT2D eigenvalue weighted by molar-refractivity contribution is 0.270. The van der Waals surface area contributed by atoms with Crippen molar-refractivity contribution in [3.63, 3.8) is 0 Å². The Kier molecular flexibility index (Phi) is 4.93. The molecule has 1 aromatic carbocycles. The molecular formula is C14H20Br2N2O. The Bertz CT molecular complexity index is 467. The van der Waals surface area contributed by atoms with Crippen LogP contribution in [0.25, 0.3) is 0 Å². The Hall–Kier alpha value is -0.100. The van der Waals surface area contributed by atoms with Gasteiger partial charge in [-0.2, -0.15) is 0 Å². The first-order valence-electron chi connectivity index (χ1n) is 6.42. The van der Waals surface area contributed by atoms with Gasteiger partial charge in [-0.15, -0.1) is 0 Å². The molecule has 0 aliphatic carbocycles. The third-order valence-corrected chi connectivity index (χ3v) is 4.86. The number of likely N-dealkylation sites (tertiary alicyclic amines) is 1. The lowest BCUT2D eigenvalue weighted by atomic mass is 9.90. The van der Waals surface area contributed by atoms with Gasteiger partial charge in [0.15, 0.2) is 0 Å². The second kappa shape index (κ2) is 6.12. The Labute approximate surface area is 131 Å². The molecule has 106 valence electrons. The van der Waals surface area contributed by atoms with Crippen LogP contribution < -0.4 is 10.5 Å². The van der Waals surface area contributed by atoms with Crippen LogP contribution in [-0.2, 0) is 6.54 Å². The molecule has 1 fully saturated rings. The molecule has 1 unspecified atom stereocenters. The summed E-state index contributed by atoms with van der Waals surface area (Å²) in [6, 6.07) is 4.14. The quantitative estimate of drug-likeness (QED) is 0.854. The summed E-state index contributed by atoms with van der Waals surface area (Å²) in [6.07, 6.45) is 1.17. The van der Waals surface area contributed by atoms with Crippen molar-refractivity contribution >= 4 is 31.9 Å². The average Bonchev–Trinajstić information content (AvgIpc) is 2.71. The molecule has 0 aromatic heterocycles. The zero-order valence-electron chi connectivity index (χ0n) is 11.4. The largest absolute Gasteiger partial charge is 0.495 e. The number of benzene rings is 1. The third-order valence-electron chi connectivity index (χ3n) is 3.81. The maximum Gasteiger partial charge on any atom is 0.137 e. The minimum atomic E-state index is 0.260.